The first kappa shape index (κ1) is 17.1. The molecule has 0 radical (unpaired) electrons. The van der Waals surface area contributed by atoms with Crippen LogP contribution in [0.3, 0.4) is 0 Å². The summed E-state index contributed by atoms with van der Waals surface area (Å²) in [5, 5.41) is 0. The number of hydrogen-bond acceptors (Lipinski definition) is 1. The molecule has 0 spiro atoms. The summed E-state index contributed by atoms with van der Waals surface area (Å²) in [6.45, 7) is 20.9. The number of rotatable bonds is 2. The summed E-state index contributed by atoms with van der Waals surface area (Å²) in [7, 11) is 0. The van der Waals surface area contributed by atoms with E-state index in [1.54, 1.807) is 0 Å². The van der Waals surface area contributed by atoms with Crippen molar-refractivity contribution in [1.29, 1.82) is 0 Å². The van der Waals surface area contributed by atoms with E-state index in [1.807, 2.05) is 0 Å². The molecule has 0 amide bonds. The van der Waals surface area contributed by atoms with E-state index in [0.29, 0.717) is 0 Å². The summed E-state index contributed by atoms with van der Waals surface area (Å²) in [6, 6.07) is 6.66. The zero-order valence-electron chi connectivity index (χ0n) is 14.8. The third kappa shape index (κ3) is 4.85. The second kappa shape index (κ2) is 5.42. The Bertz CT molecular complexity index is 450. The molecule has 0 aromatic heterocycles. The van der Waals surface area contributed by atoms with E-state index in [9.17, 15) is 0 Å². The highest BCUT2D eigenvalue weighted by atomic mass is 16.5. The van der Waals surface area contributed by atoms with Crippen molar-refractivity contribution in [3.63, 3.8) is 0 Å². The maximum absolute atomic E-state index is 6.10. The van der Waals surface area contributed by atoms with Gasteiger partial charge in [0.15, 0.2) is 0 Å². The van der Waals surface area contributed by atoms with Crippen molar-refractivity contribution in [2.45, 2.75) is 73.1 Å². The van der Waals surface area contributed by atoms with Crippen LogP contribution in [0.25, 0.3) is 0 Å². The molecule has 1 rings (SSSR count). The molecule has 1 heteroatoms. The molecule has 0 saturated heterocycles. The van der Waals surface area contributed by atoms with Crippen LogP contribution in [0.1, 0.15) is 73.4 Å². The summed E-state index contributed by atoms with van der Waals surface area (Å²) >= 11 is 0. The second-order valence-corrected chi connectivity index (χ2v) is 9.06. The van der Waals surface area contributed by atoms with Gasteiger partial charge in [-0.05, 0) is 33.4 Å². The van der Waals surface area contributed by atoms with Crippen LogP contribution in [0.15, 0.2) is 18.2 Å². The fourth-order valence-corrected chi connectivity index (χ4v) is 2.00. The maximum Gasteiger partial charge on any atom is 0.123 e. The highest BCUT2D eigenvalue weighted by molar-refractivity contribution is 5.43. The minimum Gasteiger partial charge on any atom is -0.493 e. The lowest BCUT2D eigenvalue weighted by atomic mass is 9.80. The van der Waals surface area contributed by atoms with Crippen LogP contribution in [0.5, 0.6) is 5.75 Å². The summed E-state index contributed by atoms with van der Waals surface area (Å²) in [5.74, 6) is 1.03. The maximum atomic E-state index is 6.10. The van der Waals surface area contributed by atoms with Gasteiger partial charge in [0.25, 0.3) is 0 Å². The molecule has 1 nitrogen and oxygen atoms in total. The van der Waals surface area contributed by atoms with Crippen molar-refractivity contribution in [3.05, 3.63) is 29.3 Å². The van der Waals surface area contributed by atoms with Crippen LogP contribution >= 0.6 is 0 Å². The lowest BCUT2D eigenvalue weighted by Gasteiger charge is -2.28. The van der Waals surface area contributed by atoms with Gasteiger partial charge in [0.05, 0.1) is 6.61 Å². The molecule has 0 fully saturated rings. The van der Waals surface area contributed by atoms with Gasteiger partial charge in [-0.25, -0.2) is 0 Å². The molecule has 1 aromatic rings. The second-order valence-electron chi connectivity index (χ2n) is 9.06. The monoisotopic (exact) mass is 276 g/mol. The molecular weight excluding hydrogens is 244 g/mol. The Morgan fingerprint density at radius 2 is 1.35 bits per heavy atom. The Morgan fingerprint density at radius 1 is 0.800 bits per heavy atom. The molecule has 0 atom stereocenters. The lowest BCUT2D eigenvalue weighted by molar-refractivity contribution is 0.194. The third-order valence-corrected chi connectivity index (χ3v) is 3.31. The van der Waals surface area contributed by atoms with Crippen molar-refractivity contribution in [2.24, 2.45) is 5.41 Å². The number of hydrogen-bond donors (Lipinski definition) is 0. The fraction of sp³-hybridized carbons (Fsp3) is 0.684. The normalized spacial score (nSPS) is 13.4. The van der Waals surface area contributed by atoms with E-state index in [0.717, 1.165) is 12.4 Å². The average molecular weight is 276 g/mol. The Labute approximate surface area is 125 Å². The summed E-state index contributed by atoms with van der Waals surface area (Å²) in [4.78, 5) is 0. The standard InChI is InChI=1S/C19H32O/c1-17(2,3)13-20-16-11-10-14(18(4,5)6)12-15(16)19(7,8)9/h10-12H,13H2,1-9H3. The van der Waals surface area contributed by atoms with E-state index in [2.05, 4.69) is 80.5 Å². The van der Waals surface area contributed by atoms with Gasteiger partial charge in [0, 0.05) is 0 Å². The van der Waals surface area contributed by atoms with Gasteiger partial charge in [-0.3, -0.25) is 0 Å². The van der Waals surface area contributed by atoms with E-state index in [4.69, 9.17) is 4.74 Å². The highest BCUT2D eigenvalue weighted by Crippen LogP contribution is 2.36. The van der Waals surface area contributed by atoms with Crippen LogP contribution in [0.2, 0.25) is 0 Å². The Morgan fingerprint density at radius 3 is 1.75 bits per heavy atom. The van der Waals surface area contributed by atoms with E-state index >= 15 is 0 Å². The molecule has 0 heterocycles. The molecule has 0 aliphatic heterocycles. The predicted octanol–water partition coefficient (Wildman–Crippen LogP) is 5.71. The molecule has 114 valence electrons. The van der Waals surface area contributed by atoms with Gasteiger partial charge in [0.2, 0.25) is 0 Å². The first-order valence-corrected chi connectivity index (χ1v) is 7.58. The fourth-order valence-electron chi connectivity index (χ4n) is 2.00. The Hall–Kier alpha value is -0.980. The van der Waals surface area contributed by atoms with Crippen LogP contribution < -0.4 is 4.74 Å². The van der Waals surface area contributed by atoms with Gasteiger partial charge in [-0.1, -0.05) is 74.4 Å². The Kier molecular flexibility index (Phi) is 4.63. The number of benzene rings is 1. The molecule has 20 heavy (non-hydrogen) atoms. The van der Waals surface area contributed by atoms with Crippen LogP contribution in [-0.4, -0.2) is 6.61 Å². The SMILES string of the molecule is CC(C)(C)COc1ccc(C(C)(C)C)cc1C(C)(C)C. The zero-order valence-corrected chi connectivity index (χ0v) is 14.8. The molecular formula is C19H32O. The average Bonchev–Trinajstić information content (AvgIpc) is 2.22. The molecule has 1 aromatic carbocycles. The number of ether oxygens (including phenoxy) is 1. The van der Waals surface area contributed by atoms with E-state index < -0.39 is 0 Å². The third-order valence-electron chi connectivity index (χ3n) is 3.31. The first-order chi connectivity index (χ1) is 8.81. The summed E-state index contributed by atoms with van der Waals surface area (Å²) < 4.78 is 6.10. The van der Waals surface area contributed by atoms with Gasteiger partial charge in [-0.15, -0.1) is 0 Å². The van der Waals surface area contributed by atoms with Crippen molar-refractivity contribution in [2.75, 3.05) is 6.61 Å². The largest absolute Gasteiger partial charge is 0.493 e. The molecule has 0 aliphatic rings. The highest BCUT2D eigenvalue weighted by Gasteiger charge is 2.23. The molecule has 0 saturated carbocycles. The minimum atomic E-state index is 0.0917. The van der Waals surface area contributed by atoms with Crippen molar-refractivity contribution >= 4 is 0 Å². The van der Waals surface area contributed by atoms with Crippen LogP contribution in [-0.2, 0) is 10.8 Å². The van der Waals surface area contributed by atoms with E-state index in [-0.39, 0.29) is 16.2 Å². The topological polar surface area (TPSA) is 9.23 Å². The molecule has 0 aliphatic carbocycles. The molecule has 0 N–H and O–H groups in total. The van der Waals surface area contributed by atoms with Crippen molar-refractivity contribution in [1.82, 2.24) is 0 Å². The first-order valence-electron chi connectivity index (χ1n) is 7.58. The summed E-state index contributed by atoms with van der Waals surface area (Å²) in [5.41, 5.74) is 3.11. The summed E-state index contributed by atoms with van der Waals surface area (Å²) in [6.07, 6.45) is 0. The van der Waals surface area contributed by atoms with Crippen LogP contribution in [0.4, 0.5) is 0 Å². The quantitative estimate of drug-likeness (QED) is 0.672. The van der Waals surface area contributed by atoms with E-state index in [1.165, 1.54) is 11.1 Å². The van der Waals surface area contributed by atoms with Crippen LogP contribution in [0, 0.1) is 5.41 Å². The lowest BCUT2D eigenvalue weighted by Crippen LogP contribution is -2.21. The van der Waals surface area contributed by atoms with Crippen molar-refractivity contribution < 1.29 is 4.74 Å². The van der Waals surface area contributed by atoms with Gasteiger partial charge in [0.1, 0.15) is 5.75 Å². The minimum absolute atomic E-state index is 0.0917. The van der Waals surface area contributed by atoms with Crippen molar-refractivity contribution in [3.8, 4) is 5.75 Å². The Balaban J connectivity index is 3.18. The van der Waals surface area contributed by atoms with Gasteiger partial charge >= 0.3 is 0 Å². The smallest absolute Gasteiger partial charge is 0.123 e. The predicted molar refractivity (Wildman–Crippen MR) is 88.8 cm³/mol. The van der Waals surface area contributed by atoms with Gasteiger partial charge < -0.3 is 4.74 Å². The zero-order chi connectivity index (χ0) is 15.8. The molecule has 0 bridgehead atoms. The van der Waals surface area contributed by atoms with Gasteiger partial charge in [-0.2, -0.15) is 0 Å². The molecule has 0 unspecified atom stereocenters.